The second kappa shape index (κ2) is 8.77. The van der Waals surface area contributed by atoms with Crippen LogP contribution >= 0.6 is 0 Å². The van der Waals surface area contributed by atoms with E-state index in [1.807, 2.05) is 18.2 Å². The van der Waals surface area contributed by atoms with E-state index in [1.165, 1.54) is 6.42 Å². The molecule has 25 heavy (non-hydrogen) atoms. The molecule has 2 aliphatic rings. The number of rotatable bonds is 5. The Morgan fingerprint density at radius 1 is 1.16 bits per heavy atom. The van der Waals surface area contributed by atoms with Crippen molar-refractivity contribution in [1.29, 1.82) is 10.5 Å². The van der Waals surface area contributed by atoms with Crippen LogP contribution in [-0.4, -0.2) is 62.1 Å². The van der Waals surface area contributed by atoms with Crippen molar-refractivity contribution in [2.45, 2.75) is 25.6 Å². The number of hydrogen-bond acceptors (Lipinski definition) is 7. The van der Waals surface area contributed by atoms with E-state index in [-0.39, 0.29) is 12.0 Å². The summed E-state index contributed by atoms with van der Waals surface area (Å²) in [6.07, 6.45) is 3.30. The van der Waals surface area contributed by atoms with Gasteiger partial charge in [0.2, 0.25) is 0 Å². The summed E-state index contributed by atoms with van der Waals surface area (Å²) >= 11 is 0. The fraction of sp³-hybridized carbons (Fsp3) is 0.611. The molecule has 3 rings (SSSR count). The molecule has 2 fully saturated rings. The van der Waals surface area contributed by atoms with Crippen LogP contribution in [0.2, 0.25) is 0 Å². The maximum atomic E-state index is 9.10. The van der Waals surface area contributed by atoms with Crippen LogP contribution in [-0.2, 0) is 9.47 Å². The second-order valence-electron chi connectivity index (χ2n) is 6.28. The zero-order valence-electron chi connectivity index (χ0n) is 14.4. The Hall–Kier alpha value is -2.19. The fourth-order valence-electron chi connectivity index (χ4n) is 3.16. The lowest BCUT2D eigenvalue weighted by Gasteiger charge is -2.35. The van der Waals surface area contributed by atoms with Gasteiger partial charge >= 0.3 is 0 Å². The van der Waals surface area contributed by atoms with Crippen molar-refractivity contribution in [2.24, 2.45) is 0 Å². The van der Waals surface area contributed by atoms with E-state index in [2.05, 4.69) is 14.8 Å². The van der Waals surface area contributed by atoms with Crippen LogP contribution in [0.25, 0.3) is 0 Å². The highest BCUT2D eigenvalue weighted by Gasteiger charge is 2.20. The van der Waals surface area contributed by atoms with Crippen LogP contribution in [0, 0.1) is 22.7 Å². The first kappa shape index (κ1) is 17.6. The first-order valence-corrected chi connectivity index (χ1v) is 8.82. The van der Waals surface area contributed by atoms with Crippen LogP contribution in [0.1, 0.15) is 30.5 Å². The number of nitrogens with zero attached hydrogens (tertiary/aromatic N) is 5. The highest BCUT2D eigenvalue weighted by atomic mass is 16.7. The topological polar surface area (TPSA) is 85.4 Å². The molecule has 0 bridgehead atoms. The quantitative estimate of drug-likeness (QED) is 0.802. The van der Waals surface area contributed by atoms with Gasteiger partial charge in [0.1, 0.15) is 18.0 Å². The molecule has 1 aromatic rings. The molecule has 132 valence electrons. The summed E-state index contributed by atoms with van der Waals surface area (Å²) in [5.74, 6) is 0.766. The third-order valence-corrected chi connectivity index (χ3v) is 4.65. The van der Waals surface area contributed by atoms with Crippen LogP contribution in [0.15, 0.2) is 12.1 Å². The number of anilines is 1. The smallest absolute Gasteiger partial charge is 0.160 e. The summed E-state index contributed by atoms with van der Waals surface area (Å²) < 4.78 is 11.4. The summed E-state index contributed by atoms with van der Waals surface area (Å²) in [4.78, 5) is 8.84. The van der Waals surface area contributed by atoms with Crippen molar-refractivity contribution in [3.8, 4) is 12.1 Å². The van der Waals surface area contributed by atoms with Gasteiger partial charge in [-0.05, 0) is 31.4 Å². The van der Waals surface area contributed by atoms with Gasteiger partial charge < -0.3 is 14.4 Å². The maximum absolute atomic E-state index is 9.10. The Labute approximate surface area is 148 Å². The lowest BCUT2D eigenvalue weighted by atomic mass is 10.2. The van der Waals surface area contributed by atoms with E-state index in [0.29, 0.717) is 12.2 Å². The molecule has 7 nitrogen and oxygen atoms in total. The van der Waals surface area contributed by atoms with E-state index >= 15 is 0 Å². The third-order valence-electron chi connectivity index (χ3n) is 4.65. The van der Waals surface area contributed by atoms with E-state index in [4.69, 9.17) is 20.0 Å². The highest BCUT2D eigenvalue weighted by Crippen LogP contribution is 2.17. The molecule has 1 atom stereocenters. The number of aromatic nitrogens is 1. The summed E-state index contributed by atoms with van der Waals surface area (Å²) in [5.41, 5.74) is 0.523. The summed E-state index contributed by atoms with van der Waals surface area (Å²) in [6, 6.07) is 7.48. The molecule has 2 aliphatic heterocycles. The summed E-state index contributed by atoms with van der Waals surface area (Å²) in [7, 11) is 0. The van der Waals surface area contributed by atoms with Crippen molar-refractivity contribution >= 4 is 5.82 Å². The van der Waals surface area contributed by atoms with E-state index in [9.17, 15) is 0 Å². The predicted molar refractivity (Wildman–Crippen MR) is 91.9 cm³/mol. The first-order valence-electron chi connectivity index (χ1n) is 8.82. The zero-order valence-corrected chi connectivity index (χ0v) is 14.4. The number of pyridine rings is 1. The lowest BCUT2D eigenvalue weighted by Crippen LogP contribution is -2.47. The van der Waals surface area contributed by atoms with Crippen molar-refractivity contribution in [3.63, 3.8) is 0 Å². The second-order valence-corrected chi connectivity index (χ2v) is 6.28. The van der Waals surface area contributed by atoms with Gasteiger partial charge in [-0.1, -0.05) is 0 Å². The molecule has 1 aromatic heterocycles. The maximum Gasteiger partial charge on any atom is 0.160 e. The minimum absolute atomic E-state index is 0.0257. The molecule has 0 saturated carbocycles. The normalized spacial score (nSPS) is 21.5. The summed E-state index contributed by atoms with van der Waals surface area (Å²) in [6.45, 7) is 5.96. The third kappa shape index (κ3) is 4.67. The minimum Gasteiger partial charge on any atom is -0.354 e. The van der Waals surface area contributed by atoms with Crippen LogP contribution < -0.4 is 4.90 Å². The molecular formula is C18H23N5O2. The number of ether oxygens (including phenoxy) is 2. The minimum atomic E-state index is -0.0257. The van der Waals surface area contributed by atoms with Gasteiger partial charge in [0.05, 0.1) is 12.2 Å². The molecular weight excluding hydrogens is 318 g/mol. The standard InChI is InChI=1S/C18H23N5O2/c19-13-15-4-5-17(21-16(15)14-20)23-8-6-22(7-9-23)10-12-25-18-3-1-2-11-24-18/h4-5,18H,1-3,6-12H2. The van der Waals surface area contributed by atoms with E-state index < -0.39 is 0 Å². The molecule has 0 aliphatic carbocycles. The number of nitriles is 2. The van der Waals surface area contributed by atoms with Crippen LogP contribution in [0.5, 0.6) is 0 Å². The molecule has 1 unspecified atom stereocenters. The Morgan fingerprint density at radius 2 is 2.00 bits per heavy atom. The Balaban J connectivity index is 1.44. The summed E-state index contributed by atoms with van der Waals surface area (Å²) in [5, 5.41) is 18.1. The van der Waals surface area contributed by atoms with E-state index in [0.717, 1.165) is 58.0 Å². The molecule has 3 heterocycles. The van der Waals surface area contributed by atoms with Gasteiger partial charge in [0, 0.05) is 39.3 Å². The average Bonchev–Trinajstić information content (AvgIpc) is 2.69. The van der Waals surface area contributed by atoms with Crippen molar-refractivity contribution in [1.82, 2.24) is 9.88 Å². The first-order chi connectivity index (χ1) is 12.3. The Kier molecular flexibility index (Phi) is 6.19. The zero-order chi connectivity index (χ0) is 17.5. The molecule has 0 N–H and O–H groups in total. The largest absolute Gasteiger partial charge is 0.354 e. The van der Waals surface area contributed by atoms with Gasteiger partial charge in [-0.3, -0.25) is 4.90 Å². The van der Waals surface area contributed by atoms with Gasteiger partial charge in [-0.2, -0.15) is 10.5 Å². The molecule has 0 spiro atoms. The lowest BCUT2D eigenvalue weighted by molar-refractivity contribution is -0.164. The van der Waals surface area contributed by atoms with Crippen molar-refractivity contribution in [3.05, 3.63) is 23.4 Å². The van der Waals surface area contributed by atoms with Gasteiger partial charge in [-0.25, -0.2) is 4.98 Å². The van der Waals surface area contributed by atoms with Crippen molar-refractivity contribution < 1.29 is 9.47 Å². The SMILES string of the molecule is N#Cc1ccc(N2CCN(CCOC3CCCCO3)CC2)nc1C#N. The fourth-order valence-corrected chi connectivity index (χ4v) is 3.16. The molecule has 7 heteroatoms. The van der Waals surface area contributed by atoms with E-state index in [1.54, 1.807) is 6.07 Å². The van der Waals surface area contributed by atoms with Crippen LogP contribution in [0.4, 0.5) is 5.82 Å². The molecule has 2 saturated heterocycles. The van der Waals surface area contributed by atoms with Crippen molar-refractivity contribution in [2.75, 3.05) is 50.8 Å². The monoisotopic (exact) mass is 341 g/mol. The number of piperazine rings is 1. The Morgan fingerprint density at radius 3 is 2.68 bits per heavy atom. The predicted octanol–water partition coefficient (Wildman–Crippen LogP) is 1.49. The molecule has 0 radical (unpaired) electrons. The number of hydrogen-bond donors (Lipinski definition) is 0. The van der Waals surface area contributed by atoms with Gasteiger partial charge in [0.25, 0.3) is 0 Å². The average molecular weight is 341 g/mol. The highest BCUT2D eigenvalue weighted by molar-refractivity contribution is 5.49. The van der Waals surface area contributed by atoms with Gasteiger partial charge in [-0.15, -0.1) is 0 Å². The molecule has 0 aromatic carbocycles. The Bertz CT molecular complexity index is 652. The van der Waals surface area contributed by atoms with Crippen LogP contribution in [0.3, 0.4) is 0 Å². The molecule has 0 amide bonds. The van der Waals surface area contributed by atoms with Gasteiger partial charge in [0.15, 0.2) is 12.0 Å².